The van der Waals surface area contributed by atoms with Crippen LogP contribution < -0.4 is 4.90 Å². The number of thiazole rings is 1. The number of carbonyl (C=O) groups is 3. The number of piperidine rings is 1. The van der Waals surface area contributed by atoms with E-state index in [-0.39, 0.29) is 30.2 Å². The molecule has 39 heavy (non-hydrogen) atoms. The standard InChI is InChI=1S/C30H28N4O3S2/c1-32(17-22-9-6-16-38-22)28(35)21-12-14-33(15-13-21)25-11-5-10-23-27(25)30(37)34(29(23)36)18-26-31-24(19-39-26)20-7-3-2-4-8-20/h2-11,16,19,21H,12-15,17-18H2,1H3. The molecule has 2 aromatic heterocycles. The number of thiophene rings is 1. The van der Waals surface area contributed by atoms with Crippen molar-refractivity contribution in [1.82, 2.24) is 14.8 Å². The van der Waals surface area contributed by atoms with Crippen molar-refractivity contribution in [3.63, 3.8) is 0 Å². The molecule has 2 aliphatic heterocycles. The lowest BCUT2D eigenvalue weighted by Gasteiger charge is -2.35. The van der Waals surface area contributed by atoms with E-state index in [1.165, 1.54) is 21.1 Å². The molecule has 4 aromatic rings. The van der Waals surface area contributed by atoms with Crippen LogP contribution in [0.1, 0.15) is 43.4 Å². The summed E-state index contributed by atoms with van der Waals surface area (Å²) in [6.45, 7) is 2.10. The number of rotatable bonds is 7. The van der Waals surface area contributed by atoms with Crippen molar-refractivity contribution in [3.8, 4) is 11.3 Å². The maximum absolute atomic E-state index is 13.6. The first kappa shape index (κ1) is 25.5. The number of imide groups is 1. The Labute approximate surface area is 235 Å². The second-order valence-electron chi connectivity index (χ2n) is 9.92. The lowest BCUT2D eigenvalue weighted by atomic mass is 9.94. The zero-order chi connectivity index (χ0) is 26.9. The highest BCUT2D eigenvalue weighted by molar-refractivity contribution is 7.10. The van der Waals surface area contributed by atoms with E-state index in [1.54, 1.807) is 17.4 Å². The molecule has 4 heterocycles. The van der Waals surface area contributed by atoms with Gasteiger partial charge >= 0.3 is 0 Å². The van der Waals surface area contributed by atoms with Gasteiger partial charge in [0.25, 0.3) is 11.8 Å². The highest BCUT2D eigenvalue weighted by Gasteiger charge is 2.39. The SMILES string of the molecule is CN(Cc1cccs1)C(=O)C1CCN(c2cccc3c2C(=O)N(Cc2nc(-c4ccccc4)cs2)C3=O)CC1. The van der Waals surface area contributed by atoms with Gasteiger partial charge in [0, 0.05) is 41.9 Å². The van der Waals surface area contributed by atoms with Crippen LogP contribution in [0.4, 0.5) is 5.69 Å². The van der Waals surface area contributed by atoms with Crippen LogP contribution in [0.2, 0.25) is 0 Å². The summed E-state index contributed by atoms with van der Waals surface area (Å²) in [5.41, 5.74) is 3.51. The fourth-order valence-corrected chi connectivity index (χ4v) is 6.92. The zero-order valence-corrected chi connectivity index (χ0v) is 23.2. The lowest BCUT2D eigenvalue weighted by molar-refractivity contribution is -0.135. The highest BCUT2D eigenvalue weighted by atomic mass is 32.1. The Morgan fingerprint density at radius 1 is 0.974 bits per heavy atom. The summed E-state index contributed by atoms with van der Waals surface area (Å²) in [6.07, 6.45) is 1.43. The smallest absolute Gasteiger partial charge is 0.264 e. The number of amides is 3. The lowest BCUT2D eigenvalue weighted by Crippen LogP contribution is -2.41. The predicted octanol–water partition coefficient (Wildman–Crippen LogP) is 5.54. The first-order chi connectivity index (χ1) is 19.0. The topological polar surface area (TPSA) is 73.8 Å². The van der Waals surface area contributed by atoms with Gasteiger partial charge in [0.2, 0.25) is 5.91 Å². The fraction of sp³-hybridized carbons (Fsp3) is 0.267. The third-order valence-corrected chi connectivity index (χ3v) is 9.12. The average Bonchev–Trinajstić information content (AvgIpc) is 3.72. The molecule has 0 unspecified atom stereocenters. The van der Waals surface area contributed by atoms with Gasteiger partial charge < -0.3 is 9.80 Å². The number of nitrogens with zero attached hydrogens (tertiary/aromatic N) is 4. The Morgan fingerprint density at radius 2 is 1.77 bits per heavy atom. The van der Waals surface area contributed by atoms with Gasteiger partial charge in [-0.15, -0.1) is 22.7 Å². The molecule has 0 radical (unpaired) electrons. The Kier molecular flexibility index (Phi) is 7.01. The van der Waals surface area contributed by atoms with E-state index in [1.807, 2.05) is 77.3 Å². The van der Waals surface area contributed by atoms with Crippen molar-refractivity contribution in [1.29, 1.82) is 0 Å². The Balaban J connectivity index is 1.14. The molecule has 0 spiro atoms. The monoisotopic (exact) mass is 556 g/mol. The van der Waals surface area contributed by atoms with E-state index in [0.29, 0.717) is 43.6 Å². The number of anilines is 1. The van der Waals surface area contributed by atoms with Gasteiger partial charge in [-0.05, 0) is 36.4 Å². The van der Waals surface area contributed by atoms with Crippen LogP contribution in [0.3, 0.4) is 0 Å². The summed E-state index contributed by atoms with van der Waals surface area (Å²) >= 11 is 3.11. The molecule has 9 heteroatoms. The Hall–Kier alpha value is -3.82. The molecular formula is C30H28N4O3S2. The summed E-state index contributed by atoms with van der Waals surface area (Å²) in [4.78, 5) is 51.0. The van der Waals surface area contributed by atoms with Crippen LogP contribution in [0.5, 0.6) is 0 Å². The molecule has 2 aromatic carbocycles. The second-order valence-corrected chi connectivity index (χ2v) is 11.9. The molecule has 6 rings (SSSR count). The predicted molar refractivity (Wildman–Crippen MR) is 154 cm³/mol. The minimum atomic E-state index is -0.284. The van der Waals surface area contributed by atoms with Crippen molar-refractivity contribution in [2.45, 2.75) is 25.9 Å². The molecule has 2 aliphatic rings. The molecule has 3 amide bonds. The molecule has 0 bridgehead atoms. The average molecular weight is 557 g/mol. The van der Waals surface area contributed by atoms with Crippen molar-refractivity contribution in [2.75, 3.05) is 25.0 Å². The quantitative estimate of drug-likeness (QED) is 0.280. The van der Waals surface area contributed by atoms with E-state index in [9.17, 15) is 14.4 Å². The van der Waals surface area contributed by atoms with Crippen LogP contribution in [0.25, 0.3) is 11.3 Å². The number of hydrogen-bond acceptors (Lipinski definition) is 7. The molecule has 7 nitrogen and oxygen atoms in total. The maximum Gasteiger partial charge on any atom is 0.264 e. The third-order valence-electron chi connectivity index (χ3n) is 7.43. The molecule has 0 saturated carbocycles. The summed E-state index contributed by atoms with van der Waals surface area (Å²) in [5.74, 6) is -0.442. The van der Waals surface area contributed by atoms with Gasteiger partial charge in [-0.3, -0.25) is 19.3 Å². The number of fused-ring (bicyclic) bond motifs is 1. The molecule has 198 valence electrons. The van der Waals surface area contributed by atoms with Crippen molar-refractivity contribution >= 4 is 46.1 Å². The van der Waals surface area contributed by atoms with Crippen molar-refractivity contribution < 1.29 is 14.4 Å². The van der Waals surface area contributed by atoms with Gasteiger partial charge in [-0.25, -0.2) is 4.98 Å². The van der Waals surface area contributed by atoms with E-state index < -0.39 is 0 Å². The number of hydrogen-bond donors (Lipinski definition) is 0. The summed E-state index contributed by atoms with van der Waals surface area (Å²) < 4.78 is 0. The summed E-state index contributed by atoms with van der Waals surface area (Å²) in [6, 6.07) is 19.4. The van der Waals surface area contributed by atoms with E-state index in [4.69, 9.17) is 0 Å². The van der Waals surface area contributed by atoms with Crippen LogP contribution in [0.15, 0.2) is 71.4 Å². The van der Waals surface area contributed by atoms with Crippen LogP contribution in [-0.2, 0) is 17.9 Å². The number of carbonyl (C=O) groups excluding carboxylic acids is 3. The minimum Gasteiger partial charge on any atom is -0.371 e. The van der Waals surface area contributed by atoms with Crippen molar-refractivity contribution in [2.24, 2.45) is 5.92 Å². The zero-order valence-electron chi connectivity index (χ0n) is 21.6. The summed E-state index contributed by atoms with van der Waals surface area (Å²) in [5, 5.41) is 4.70. The van der Waals surface area contributed by atoms with Crippen molar-refractivity contribution in [3.05, 3.63) is 92.4 Å². The van der Waals surface area contributed by atoms with Crippen LogP contribution in [-0.4, -0.2) is 52.6 Å². The highest BCUT2D eigenvalue weighted by Crippen LogP contribution is 2.35. The third kappa shape index (κ3) is 4.99. The Morgan fingerprint density at radius 3 is 2.51 bits per heavy atom. The molecule has 0 atom stereocenters. The first-order valence-electron chi connectivity index (χ1n) is 13.0. The normalized spacial score (nSPS) is 15.6. The largest absolute Gasteiger partial charge is 0.371 e. The number of benzene rings is 2. The van der Waals surface area contributed by atoms with Crippen LogP contribution in [0, 0.1) is 5.92 Å². The number of aromatic nitrogens is 1. The minimum absolute atomic E-state index is 0.0412. The molecule has 1 saturated heterocycles. The van der Waals surface area contributed by atoms with Crippen LogP contribution >= 0.6 is 22.7 Å². The summed E-state index contributed by atoms with van der Waals surface area (Å²) in [7, 11) is 1.86. The molecule has 0 N–H and O–H groups in total. The molecule has 0 aliphatic carbocycles. The van der Waals surface area contributed by atoms with E-state index in [2.05, 4.69) is 9.88 Å². The molecule has 1 fully saturated rings. The molecular weight excluding hydrogens is 528 g/mol. The van der Waals surface area contributed by atoms with Gasteiger partial charge in [-0.2, -0.15) is 0 Å². The van der Waals surface area contributed by atoms with Gasteiger partial charge in [0.15, 0.2) is 0 Å². The van der Waals surface area contributed by atoms with E-state index >= 15 is 0 Å². The maximum atomic E-state index is 13.6. The van der Waals surface area contributed by atoms with Gasteiger partial charge in [-0.1, -0.05) is 42.5 Å². The Bertz CT molecular complexity index is 1510. The van der Waals surface area contributed by atoms with E-state index in [0.717, 1.165) is 22.0 Å². The van der Waals surface area contributed by atoms with Gasteiger partial charge in [0.1, 0.15) is 5.01 Å². The first-order valence-corrected chi connectivity index (χ1v) is 14.8. The second kappa shape index (κ2) is 10.7. The fourth-order valence-electron chi connectivity index (χ4n) is 5.38. The van der Waals surface area contributed by atoms with Gasteiger partial charge in [0.05, 0.1) is 35.6 Å².